The van der Waals surface area contributed by atoms with Gasteiger partial charge in [-0.25, -0.2) is 0 Å². The minimum Gasteiger partial charge on any atom is -0.380 e. The summed E-state index contributed by atoms with van der Waals surface area (Å²) in [4.78, 5) is 0. The molecular weight excluding hydrogens is 231 g/mol. The summed E-state index contributed by atoms with van der Waals surface area (Å²) in [6, 6.07) is 0. The molecule has 0 fully saturated rings. The van der Waals surface area contributed by atoms with Crippen molar-refractivity contribution < 1.29 is 4.74 Å². The minimum absolute atomic E-state index is 0.417. The Balaban J connectivity index is 3.74. The van der Waals surface area contributed by atoms with Crippen molar-refractivity contribution >= 4 is 23.2 Å². The summed E-state index contributed by atoms with van der Waals surface area (Å²) in [5.74, 6) is 0.833. The van der Waals surface area contributed by atoms with Gasteiger partial charge in [0.25, 0.3) is 0 Å². The van der Waals surface area contributed by atoms with Crippen LogP contribution in [0.15, 0.2) is 23.2 Å². The summed E-state index contributed by atoms with van der Waals surface area (Å²) >= 11 is 11.1. The lowest BCUT2D eigenvalue weighted by molar-refractivity contribution is 0.0914. The van der Waals surface area contributed by atoms with Crippen molar-refractivity contribution in [1.82, 2.24) is 0 Å². The summed E-state index contributed by atoms with van der Waals surface area (Å²) < 4.78 is 5.63. The van der Waals surface area contributed by atoms with Crippen LogP contribution in [-0.4, -0.2) is 13.2 Å². The lowest BCUT2D eigenvalue weighted by Crippen LogP contribution is -2.11. The molecule has 0 aliphatic rings. The van der Waals surface area contributed by atoms with Crippen LogP contribution < -0.4 is 0 Å². The molecule has 0 aromatic rings. The topological polar surface area (TPSA) is 9.23 Å². The highest BCUT2D eigenvalue weighted by Crippen LogP contribution is 2.10. The zero-order valence-electron chi connectivity index (χ0n) is 9.46. The van der Waals surface area contributed by atoms with Crippen LogP contribution in [0.4, 0.5) is 0 Å². The second-order valence-electron chi connectivity index (χ2n) is 3.51. The fourth-order valence-electron chi connectivity index (χ4n) is 1.20. The monoisotopic (exact) mass is 250 g/mol. The van der Waals surface area contributed by atoms with Gasteiger partial charge in [-0.3, -0.25) is 0 Å². The molecular formula is C12H20Cl2O. The molecule has 1 nitrogen and oxygen atoms in total. The number of halogens is 2. The van der Waals surface area contributed by atoms with Gasteiger partial charge in [-0.15, -0.1) is 0 Å². The molecule has 0 saturated carbocycles. The Hall–Kier alpha value is 0.0200. The Morgan fingerprint density at radius 1 is 0.933 bits per heavy atom. The summed E-state index contributed by atoms with van der Waals surface area (Å²) in [7, 11) is 0. The molecule has 0 heterocycles. The van der Waals surface area contributed by atoms with E-state index in [0.717, 1.165) is 26.1 Å². The van der Waals surface area contributed by atoms with Crippen molar-refractivity contribution in [2.75, 3.05) is 13.2 Å². The fraction of sp³-hybridized carbons (Fsp3) is 0.667. The first-order chi connectivity index (χ1) is 7.28. The van der Waals surface area contributed by atoms with Crippen molar-refractivity contribution in [3.63, 3.8) is 0 Å². The quantitative estimate of drug-likeness (QED) is 0.614. The van der Waals surface area contributed by atoms with Crippen molar-refractivity contribution in [2.24, 2.45) is 11.8 Å². The maximum absolute atomic E-state index is 5.63. The summed E-state index contributed by atoms with van der Waals surface area (Å²) in [6.45, 7) is 5.71. The Kier molecular flexibility index (Phi) is 10.5. The molecule has 0 spiro atoms. The van der Waals surface area contributed by atoms with Gasteiger partial charge in [0.05, 0.1) is 13.2 Å². The highest BCUT2D eigenvalue weighted by Gasteiger charge is 2.05. The molecule has 0 N–H and O–H groups in total. The molecule has 2 unspecified atom stereocenters. The van der Waals surface area contributed by atoms with Crippen LogP contribution in [0.2, 0.25) is 0 Å². The maximum atomic E-state index is 5.63. The van der Waals surface area contributed by atoms with Gasteiger partial charge in [-0.2, -0.15) is 0 Å². The number of ether oxygens (including phenoxy) is 1. The van der Waals surface area contributed by atoms with Crippen LogP contribution in [0.25, 0.3) is 0 Å². The first kappa shape index (κ1) is 15.0. The standard InChI is InChI=1S/C12H20Cl2O/c1-3-11(5-7-13)9-15-10-12(4-2)6-8-14/h5-8,11-12H,3-4,9-10H2,1-2H3. The van der Waals surface area contributed by atoms with Crippen LogP contribution in [-0.2, 0) is 4.74 Å². The molecule has 0 amide bonds. The van der Waals surface area contributed by atoms with Gasteiger partial charge in [-0.05, 0) is 12.8 Å². The van der Waals surface area contributed by atoms with Crippen molar-refractivity contribution in [2.45, 2.75) is 26.7 Å². The number of hydrogen-bond acceptors (Lipinski definition) is 1. The van der Waals surface area contributed by atoms with Gasteiger partial charge in [0.15, 0.2) is 0 Å². The van der Waals surface area contributed by atoms with E-state index in [2.05, 4.69) is 13.8 Å². The second-order valence-corrected chi connectivity index (χ2v) is 4.01. The van der Waals surface area contributed by atoms with Gasteiger partial charge in [0, 0.05) is 22.9 Å². The molecule has 88 valence electrons. The van der Waals surface area contributed by atoms with Crippen molar-refractivity contribution in [3.8, 4) is 0 Å². The molecule has 15 heavy (non-hydrogen) atoms. The third-order valence-corrected chi connectivity index (χ3v) is 2.69. The van der Waals surface area contributed by atoms with E-state index < -0.39 is 0 Å². The highest BCUT2D eigenvalue weighted by atomic mass is 35.5. The van der Waals surface area contributed by atoms with E-state index in [1.165, 1.54) is 0 Å². The van der Waals surface area contributed by atoms with E-state index in [9.17, 15) is 0 Å². The van der Waals surface area contributed by atoms with Crippen molar-refractivity contribution in [1.29, 1.82) is 0 Å². The molecule has 0 aromatic carbocycles. The lowest BCUT2D eigenvalue weighted by atomic mass is 10.1. The third kappa shape index (κ3) is 7.89. The Bertz CT molecular complexity index is 170. The van der Waals surface area contributed by atoms with E-state index in [0.29, 0.717) is 11.8 Å². The molecule has 0 aliphatic carbocycles. The van der Waals surface area contributed by atoms with Crippen LogP contribution >= 0.6 is 23.2 Å². The zero-order valence-corrected chi connectivity index (χ0v) is 11.0. The van der Waals surface area contributed by atoms with Crippen LogP contribution in [0.5, 0.6) is 0 Å². The normalized spacial score (nSPS) is 16.3. The average molecular weight is 251 g/mol. The number of hydrogen-bond donors (Lipinski definition) is 0. The van der Waals surface area contributed by atoms with E-state index in [1.54, 1.807) is 11.1 Å². The third-order valence-electron chi connectivity index (χ3n) is 2.40. The Morgan fingerprint density at radius 2 is 1.33 bits per heavy atom. The molecule has 0 saturated heterocycles. The first-order valence-corrected chi connectivity index (χ1v) is 6.27. The van der Waals surface area contributed by atoms with E-state index >= 15 is 0 Å². The minimum atomic E-state index is 0.417. The summed E-state index contributed by atoms with van der Waals surface area (Å²) in [5, 5.41) is 0. The van der Waals surface area contributed by atoms with Gasteiger partial charge in [0.1, 0.15) is 0 Å². The summed E-state index contributed by atoms with van der Waals surface area (Å²) in [6.07, 6.45) is 6.04. The van der Waals surface area contributed by atoms with Gasteiger partial charge in [0.2, 0.25) is 0 Å². The van der Waals surface area contributed by atoms with E-state index in [4.69, 9.17) is 27.9 Å². The Labute approximate surface area is 103 Å². The molecule has 0 rings (SSSR count). The lowest BCUT2D eigenvalue weighted by Gasteiger charge is -2.14. The van der Waals surface area contributed by atoms with Gasteiger partial charge >= 0.3 is 0 Å². The predicted octanol–water partition coefficient (Wildman–Crippen LogP) is 4.56. The molecule has 0 radical (unpaired) electrons. The number of rotatable bonds is 8. The fourth-order valence-corrected chi connectivity index (χ4v) is 1.61. The molecule has 0 aromatic heterocycles. The average Bonchev–Trinajstić information content (AvgIpc) is 2.26. The first-order valence-electron chi connectivity index (χ1n) is 5.39. The maximum Gasteiger partial charge on any atom is 0.0529 e. The second kappa shape index (κ2) is 10.5. The zero-order chi connectivity index (χ0) is 11.5. The van der Waals surface area contributed by atoms with E-state index in [1.807, 2.05) is 12.2 Å². The highest BCUT2D eigenvalue weighted by molar-refractivity contribution is 6.25. The van der Waals surface area contributed by atoms with Gasteiger partial charge in [-0.1, -0.05) is 49.2 Å². The summed E-state index contributed by atoms with van der Waals surface area (Å²) in [5.41, 5.74) is 3.13. The Morgan fingerprint density at radius 3 is 1.60 bits per heavy atom. The molecule has 0 bridgehead atoms. The van der Waals surface area contributed by atoms with Gasteiger partial charge < -0.3 is 4.74 Å². The largest absolute Gasteiger partial charge is 0.380 e. The predicted molar refractivity (Wildman–Crippen MR) is 68.4 cm³/mol. The smallest absolute Gasteiger partial charge is 0.0529 e. The SMILES string of the molecule is CCC(C=CCl)COCC(C=CCl)CC. The van der Waals surface area contributed by atoms with E-state index in [-0.39, 0.29) is 0 Å². The van der Waals surface area contributed by atoms with Crippen LogP contribution in [0.3, 0.4) is 0 Å². The van der Waals surface area contributed by atoms with Crippen LogP contribution in [0, 0.1) is 11.8 Å². The molecule has 0 aliphatic heterocycles. The molecule has 2 atom stereocenters. The van der Waals surface area contributed by atoms with Crippen LogP contribution in [0.1, 0.15) is 26.7 Å². The van der Waals surface area contributed by atoms with Crippen molar-refractivity contribution in [3.05, 3.63) is 23.2 Å². The molecule has 3 heteroatoms.